The van der Waals surface area contributed by atoms with Gasteiger partial charge in [0.2, 0.25) is 6.29 Å². The molecule has 46 heavy (non-hydrogen) atoms. The number of anilines is 1. The fraction of sp³-hybridized carbons (Fsp3) is 0.286. The average Bonchev–Trinajstić information content (AvgIpc) is 3.07. The van der Waals surface area contributed by atoms with Crippen LogP contribution in [0.15, 0.2) is 79.0 Å². The van der Waals surface area contributed by atoms with Crippen molar-refractivity contribution in [2.75, 3.05) is 18.9 Å². The number of pyridine rings is 1. The van der Waals surface area contributed by atoms with Crippen molar-refractivity contribution in [3.8, 4) is 11.5 Å². The molecule has 0 amide bonds. The Hall–Kier alpha value is -4.65. The molecule has 238 valence electrons. The van der Waals surface area contributed by atoms with E-state index in [1.165, 1.54) is 12.1 Å². The molecule has 1 aromatic heterocycles. The van der Waals surface area contributed by atoms with E-state index in [1.807, 2.05) is 30.3 Å². The Morgan fingerprint density at radius 3 is 2.22 bits per heavy atom. The molecule has 2 heterocycles. The number of fused-ring (bicyclic) bond motifs is 2. The van der Waals surface area contributed by atoms with Gasteiger partial charge in [-0.3, -0.25) is 9.59 Å². The minimum atomic E-state index is -1.54. The lowest BCUT2D eigenvalue weighted by atomic mass is 9.80. The average molecular weight is 627 g/mol. The van der Waals surface area contributed by atoms with E-state index >= 15 is 0 Å². The van der Waals surface area contributed by atoms with E-state index in [2.05, 4.69) is 4.98 Å². The number of benzene rings is 3. The number of aromatic nitrogens is 1. The quantitative estimate of drug-likeness (QED) is 0.154. The molecule has 0 unspecified atom stereocenters. The van der Waals surface area contributed by atoms with Crippen molar-refractivity contribution >= 4 is 17.4 Å². The molecule has 11 nitrogen and oxygen atoms in total. The summed E-state index contributed by atoms with van der Waals surface area (Å²) in [5.41, 5.74) is 8.39. The standard InChI is InChI=1S/C35H34N2O9/c36-26-16-20(12-14-37-26)13-15-44-34-33(43)32(42)25(18-38)46-35(34)45-24-17-21(11-10-19-6-2-1-3-7-19)27-28(31(24)41)30(40)23-9-5-4-8-22(23)29(27)39/h1-9,12,14,16-17,25,32-35,38,41-43H,10-11,13,15,18H2,(H2,36,37)/t25-,32-,33+,34-,35-/m0/s1. The number of nitrogens with zero attached hydrogens (tertiary/aromatic N) is 1. The summed E-state index contributed by atoms with van der Waals surface area (Å²) in [6.45, 7) is -0.573. The highest BCUT2D eigenvalue weighted by Crippen LogP contribution is 2.42. The maximum atomic E-state index is 13.8. The maximum absolute atomic E-state index is 13.8. The smallest absolute Gasteiger partial charge is 0.229 e. The summed E-state index contributed by atoms with van der Waals surface area (Å²) in [6, 6.07) is 21.0. The molecule has 3 aromatic carbocycles. The van der Waals surface area contributed by atoms with Gasteiger partial charge in [0.25, 0.3) is 0 Å². The zero-order valence-corrected chi connectivity index (χ0v) is 24.8. The Labute approximate surface area is 264 Å². The van der Waals surface area contributed by atoms with Crippen LogP contribution < -0.4 is 10.5 Å². The number of ether oxygens (including phenoxy) is 3. The summed E-state index contributed by atoms with van der Waals surface area (Å²) in [6.07, 6.45) is -4.15. The monoisotopic (exact) mass is 626 g/mol. The number of carbonyl (C=O) groups excluding carboxylic acids is 2. The van der Waals surface area contributed by atoms with Gasteiger partial charge >= 0.3 is 0 Å². The van der Waals surface area contributed by atoms with E-state index in [1.54, 1.807) is 36.5 Å². The Morgan fingerprint density at radius 2 is 1.52 bits per heavy atom. The predicted molar refractivity (Wildman–Crippen MR) is 166 cm³/mol. The largest absolute Gasteiger partial charge is 0.504 e. The summed E-state index contributed by atoms with van der Waals surface area (Å²) in [4.78, 5) is 31.5. The fourth-order valence-corrected chi connectivity index (χ4v) is 5.96. The lowest BCUT2D eigenvalue weighted by Crippen LogP contribution is -2.61. The molecule has 0 bridgehead atoms. The second kappa shape index (κ2) is 13.4. The molecule has 1 aliphatic carbocycles. The number of aromatic hydroxyl groups is 1. The number of hydrogen-bond donors (Lipinski definition) is 5. The number of hydrogen-bond acceptors (Lipinski definition) is 11. The number of phenolic OH excluding ortho intramolecular Hbond substituents is 1. The molecule has 1 saturated heterocycles. The lowest BCUT2D eigenvalue weighted by Gasteiger charge is -2.41. The van der Waals surface area contributed by atoms with Crippen molar-refractivity contribution in [3.63, 3.8) is 0 Å². The number of ketones is 2. The van der Waals surface area contributed by atoms with Gasteiger partial charge in [0.1, 0.15) is 30.2 Å². The van der Waals surface area contributed by atoms with Crippen molar-refractivity contribution in [2.45, 2.75) is 50.0 Å². The highest BCUT2D eigenvalue weighted by atomic mass is 16.7. The van der Waals surface area contributed by atoms with Crippen molar-refractivity contribution < 1.29 is 44.2 Å². The number of aliphatic hydroxyl groups excluding tert-OH is 3. The summed E-state index contributed by atoms with van der Waals surface area (Å²) in [5.74, 6) is -1.33. The van der Waals surface area contributed by atoms with Crippen LogP contribution in [0.25, 0.3) is 0 Å². The SMILES string of the molecule is Nc1cc(CCO[C@@H]2[C@@H](Oc3cc(CCc4ccccc4)c4c(c3O)C(=O)c3ccccc3C4=O)O[C@@H](CO)[C@H](O)[C@H]2O)ccn1. The van der Waals surface area contributed by atoms with Crippen LogP contribution in [0.4, 0.5) is 5.82 Å². The Balaban J connectivity index is 1.35. The van der Waals surface area contributed by atoms with Gasteiger partial charge in [0.05, 0.1) is 18.8 Å². The number of rotatable bonds is 10. The highest BCUT2D eigenvalue weighted by Gasteiger charge is 2.47. The van der Waals surface area contributed by atoms with E-state index in [9.17, 15) is 30.0 Å². The first kappa shape index (κ1) is 31.3. The molecule has 4 aromatic rings. The van der Waals surface area contributed by atoms with Crippen molar-refractivity contribution in [2.24, 2.45) is 0 Å². The third-order valence-corrected chi connectivity index (χ3v) is 8.36. The lowest BCUT2D eigenvalue weighted by molar-refractivity contribution is -0.287. The molecular weight excluding hydrogens is 592 g/mol. The van der Waals surface area contributed by atoms with Crippen LogP contribution in [0.2, 0.25) is 0 Å². The predicted octanol–water partition coefficient (Wildman–Crippen LogP) is 2.38. The van der Waals surface area contributed by atoms with Gasteiger partial charge in [-0.15, -0.1) is 0 Å². The Morgan fingerprint density at radius 1 is 0.826 bits per heavy atom. The third-order valence-electron chi connectivity index (χ3n) is 8.36. The van der Waals surface area contributed by atoms with E-state index < -0.39 is 48.8 Å². The van der Waals surface area contributed by atoms with Crippen LogP contribution in [0.1, 0.15) is 48.5 Å². The number of nitrogens with two attached hydrogens (primary N) is 1. The van der Waals surface area contributed by atoms with Gasteiger partial charge in [-0.05, 0) is 54.2 Å². The zero-order valence-electron chi connectivity index (χ0n) is 24.8. The van der Waals surface area contributed by atoms with Crippen LogP contribution in [0, 0.1) is 0 Å². The summed E-state index contributed by atoms with van der Waals surface area (Å²) in [7, 11) is 0. The van der Waals surface area contributed by atoms with E-state index in [0.717, 1.165) is 11.1 Å². The van der Waals surface area contributed by atoms with Crippen LogP contribution in [0.3, 0.4) is 0 Å². The van der Waals surface area contributed by atoms with Gasteiger partial charge in [-0.25, -0.2) is 4.98 Å². The molecule has 11 heteroatoms. The first-order chi connectivity index (χ1) is 22.3. The van der Waals surface area contributed by atoms with E-state index in [4.69, 9.17) is 19.9 Å². The van der Waals surface area contributed by atoms with Gasteiger partial charge in [-0.2, -0.15) is 0 Å². The van der Waals surface area contributed by atoms with Gasteiger partial charge < -0.3 is 40.4 Å². The number of aryl methyl sites for hydroxylation is 2. The van der Waals surface area contributed by atoms with Crippen LogP contribution in [-0.2, 0) is 28.7 Å². The number of aliphatic hydroxyl groups is 3. The van der Waals surface area contributed by atoms with Gasteiger partial charge in [0.15, 0.2) is 23.1 Å². The maximum Gasteiger partial charge on any atom is 0.229 e. The molecule has 6 rings (SSSR count). The third kappa shape index (κ3) is 6.11. The van der Waals surface area contributed by atoms with Crippen LogP contribution in [0.5, 0.6) is 11.5 Å². The first-order valence-electron chi connectivity index (χ1n) is 15.0. The number of phenols is 1. The van der Waals surface area contributed by atoms with Gasteiger partial charge in [-0.1, -0.05) is 54.6 Å². The molecule has 1 aliphatic heterocycles. The van der Waals surface area contributed by atoms with Gasteiger partial charge in [0, 0.05) is 22.9 Å². The molecule has 1 fully saturated rings. The normalized spacial score (nSPS) is 22.3. The van der Waals surface area contributed by atoms with Crippen molar-refractivity contribution in [3.05, 3.63) is 118 Å². The molecule has 0 saturated carbocycles. The first-order valence-corrected chi connectivity index (χ1v) is 15.0. The van der Waals surface area contributed by atoms with Crippen LogP contribution >= 0.6 is 0 Å². The van der Waals surface area contributed by atoms with Crippen molar-refractivity contribution in [1.29, 1.82) is 0 Å². The number of nitrogen functional groups attached to an aromatic ring is 1. The molecule has 2 aliphatic rings. The van der Waals surface area contributed by atoms with E-state index in [-0.39, 0.29) is 40.4 Å². The zero-order chi connectivity index (χ0) is 32.4. The second-order valence-corrected chi connectivity index (χ2v) is 11.3. The van der Waals surface area contributed by atoms with Crippen molar-refractivity contribution in [1.82, 2.24) is 4.98 Å². The highest BCUT2D eigenvalue weighted by molar-refractivity contribution is 6.30. The molecular formula is C35H34N2O9. The minimum absolute atomic E-state index is 0.0627. The Bertz CT molecular complexity index is 1750. The molecule has 6 N–H and O–H groups in total. The molecule has 5 atom stereocenters. The summed E-state index contributed by atoms with van der Waals surface area (Å²) in [5, 5.41) is 43.0. The Kier molecular flexibility index (Phi) is 9.11. The second-order valence-electron chi connectivity index (χ2n) is 11.3. The molecule has 0 radical (unpaired) electrons. The minimum Gasteiger partial charge on any atom is -0.504 e. The van der Waals surface area contributed by atoms with Crippen LogP contribution in [-0.4, -0.2) is 80.9 Å². The summed E-state index contributed by atoms with van der Waals surface area (Å²) >= 11 is 0. The summed E-state index contributed by atoms with van der Waals surface area (Å²) < 4.78 is 17.9. The topological polar surface area (TPSA) is 182 Å². The fourth-order valence-electron chi connectivity index (χ4n) is 5.96. The van der Waals surface area contributed by atoms with E-state index in [0.29, 0.717) is 30.6 Å². The molecule has 0 spiro atoms. The number of carbonyl (C=O) groups is 2.